The summed E-state index contributed by atoms with van der Waals surface area (Å²) < 4.78 is 5.04. The third-order valence-electron chi connectivity index (χ3n) is 2.56. The number of urea groups is 1. The largest absolute Gasteiger partial charge is 0.479 e. The van der Waals surface area contributed by atoms with E-state index in [4.69, 9.17) is 9.84 Å². The first-order valence-electron chi connectivity index (χ1n) is 5.77. The molecular weight excluding hydrogens is 240 g/mol. The van der Waals surface area contributed by atoms with Gasteiger partial charge in [0.05, 0.1) is 25.3 Å². The molecule has 18 heavy (non-hydrogen) atoms. The SMILES string of the molecule is CN(CC(C)(C)O)C(=O)N1CCOC(C(=O)O)C1. The van der Waals surface area contributed by atoms with Crippen molar-refractivity contribution in [2.24, 2.45) is 0 Å². The van der Waals surface area contributed by atoms with Crippen LogP contribution in [0.15, 0.2) is 0 Å². The van der Waals surface area contributed by atoms with Crippen LogP contribution in [0, 0.1) is 0 Å². The zero-order valence-electron chi connectivity index (χ0n) is 10.9. The number of rotatable bonds is 3. The molecule has 2 N–H and O–H groups in total. The van der Waals surface area contributed by atoms with Crippen molar-refractivity contribution in [2.45, 2.75) is 25.6 Å². The van der Waals surface area contributed by atoms with E-state index in [9.17, 15) is 14.7 Å². The Hall–Kier alpha value is -1.34. The maximum Gasteiger partial charge on any atom is 0.334 e. The van der Waals surface area contributed by atoms with E-state index in [1.807, 2.05) is 0 Å². The van der Waals surface area contributed by atoms with Crippen LogP contribution in [0.5, 0.6) is 0 Å². The van der Waals surface area contributed by atoms with Crippen molar-refractivity contribution in [3.8, 4) is 0 Å². The molecule has 104 valence electrons. The van der Waals surface area contributed by atoms with Gasteiger partial charge < -0.3 is 24.7 Å². The van der Waals surface area contributed by atoms with Crippen LogP contribution in [0.3, 0.4) is 0 Å². The number of hydrogen-bond acceptors (Lipinski definition) is 4. The Morgan fingerprint density at radius 1 is 1.50 bits per heavy atom. The van der Waals surface area contributed by atoms with Gasteiger partial charge >= 0.3 is 12.0 Å². The Morgan fingerprint density at radius 2 is 2.11 bits per heavy atom. The molecule has 0 aromatic heterocycles. The van der Waals surface area contributed by atoms with Crippen molar-refractivity contribution in [1.82, 2.24) is 9.80 Å². The van der Waals surface area contributed by atoms with Crippen LogP contribution in [0.2, 0.25) is 0 Å². The molecule has 1 fully saturated rings. The number of nitrogens with zero attached hydrogens (tertiary/aromatic N) is 2. The molecule has 0 saturated carbocycles. The predicted octanol–water partition coefficient (Wildman–Crippen LogP) is -0.405. The lowest BCUT2D eigenvalue weighted by molar-refractivity contribution is -0.154. The number of carbonyl (C=O) groups excluding carboxylic acids is 1. The van der Waals surface area contributed by atoms with Gasteiger partial charge in [-0.05, 0) is 13.8 Å². The summed E-state index contributed by atoms with van der Waals surface area (Å²) in [7, 11) is 1.57. The van der Waals surface area contributed by atoms with Crippen LogP contribution < -0.4 is 0 Å². The number of carboxylic acids is 1. The number of amides is 2. The summed E-state index contributed by atoms with van der Waals surface area (Å²) in [6.45, 7) is 4.00. The molecular formula is C11H20N2O5. The van der Waals surface area contributed by atoms with Gasteiger partial charge in [0, 0.05) is 13.6 Å². The van der Waals surface area contributed by atoms with Gasteiger partial charge in [0.2, 0.25) is 0 Å². The highest BCUT2D eigenvalue weighted by atomic mass is 16.5. The molecule has 1 atom stereocenters. The van der Waals surface area contributed by atoms with Crippen LogP contribution in [0.4, 0.5) is 4.79 Å². The van der Waals surface area contributed by atoms with Gasteiger partial charge in [-0.1, -0.05) is 0 Å². The molecule has 1 saturated heterocycles. The Balaban J connectivity index is 2.58. The third-order valence-corrected chi connectivity index (χ3v) is 2.56. The number of carboxylic acid groups (broad SMARTS) is 1. The second kappa shape index (κ2) is 5.53. The van der Waals surface area contributed by atoms with E-state index in [1.165, 1.54) is 9.80 Å². The van der Waals surface area contributed by atoms with Crippen molar-refractivity contribution < 1.29 is 24.5 Å². The summed E-state index contributed by atoms with van der Waals surface area (Å²) >= 11 is 0. The molecule has 0 radical (unpaired) electrons. The highest BCUT2D eigenvalue weighted by Crippen LogP contribution is 2.10. The van der Waals surface area contributed by atoms with Crippen molar-refractivity contribution in [1.29, 1.82) is 0 Å². The summed E-state index contributed by atoms with van der Waals surface area (Å²) in [4.78, 5) is 25.6. The first-order chi connectivity index (χ1) is 8.20. The van der Waals surface area contributed by atoms with E-state index in [-0.39, 0.29) is 25.7 Å². The smallest absolute Gasteiger partial charge is 0.334 e. The van der Waals surface area contributed by atoms with E-state index in [0.29, 0.717) is 6.54 Å². The summed E-state index contributed by atoms with van der Waals surface area (Å²) in [6, 6.07) is -0.299. The van der Waals surface area contributed by atoms with Gasteiger partial charge in [-0.25, -0.2) is 9.59 Å². The topological polar surface area (TPSA) is 90.3 Å². The lowest BCUT2D eigenvalue weighted by atomic mass is 10.1. The molecule has 7 heteroatoms. The number of hydrogen-bond donors (Lipinski definition) is 2. The zero-order valence-corrected chi connectivity index (χ0v) is 10.9. The number of morpholine rings is 1. The van der Waals surface area contributed by atoms with Gasteiger partial charge in [0.15, 0.2) is 6.10 Å². The molecule has 0 bridgehead atoms. The van der Waals surface area contributed by atoms with Gasteiger partial charge in [0.1, 0.15) is 0 Å². The maximum atomic E-state index is 12.0. The Morgan fingerprint density at radius 3 is 2.61 bits per heavy atom. The number of aliphatic carboxylic acids is 1. The molecule has 1 rings (SSSR count). The van der Waals surface area contributed by atoms with Gasteiger partial charge in [0.25, 0.3) is 0 Å². The monoisotopic (exact) mass is 260 g/mol. The second-order valence-corrected chi connectivity index (χ2v) is 5.09. The average Bonchev–Trinajstić information content (AvgIpc) is 2.26. The van der Waals surface area contributed by atoms with Crippen LogP contribution in [-0.4, -0.2) is 77.0 Å². The molecule has 1 unspecified atom stereocenters. The Labute approximate surface area is 106 Å². The van der Waals surface area contributed by atoms with Crippen molar-refractivity contribution in [3.63, 3.8) is 0 Å². The van der Waals surface area contributed by atoms with E-state index in [1.54, 1.807) is 20.9 Å². The van der Waals surface area contributed by atoms with Crippen molar-refractivity contribution in [2.75, 3.05) is 33.3 Å². The molecule has 0 aromatic carbocycles. The summed E-state index contributed by atoms with van der Waals surface area (Å²) in [6.07, 6.45) is -0.974. The van der Waals surface area contributed by atoms with E-state index in [2.05, 4.69) is 0 Å². The minimum absolute atomic E-state index is 0.0321. The van der Waals surface area contributed by atoms with Crippen LogP contribution in [0.1, 0.15) is 13.8 Å². The van der Waals surface area contributed by atoms with E-state index < -0.39 is 17.7 Å². The maximum absolute atomic E-state index is 12.0. The normalized spacial score (nSPS) is 20.7. The summed E-state index contributed by atoms with van der Waals surface area (Å²) in [5.41, 5.74) is -0.983. The van der Waals surface area contributed by atoms with Crippen molar-refractivity contribution >= 4 is 12.0 Å². The third kappa shape index (κ3) is 4.15. The quantitative estimate of drug-likeness (QED) is 0.720. The lowest BCUT2D eigenvalue weighted by Gasteiger charge is -2.35. The molecule has 1 aliphatic heterocycles. The van der Waals surface area contributed by atoms with Crippen molar-refractivity contribution in [3.05, 3.63) is 0 Å². The minimum Gasteiger partial charge on any atom is -0.479 e. The molecule has 0 aliphatic carbocycles. The number of likely N-dealkylation sites (N-methyl/N-ethyl adjacent to an activating group) is 1. The number of aliphatic hydroxyl groups is 1. The van der Waals surface area contributed by atoms with Gasteiger partial charge in [-0.15, -0.1) is 0 Å². The summed E-state index contributed by atoms with van der Waals surface area (Å²) in [5.74, 6) is -1.07. The van der Waals surface area contributed by atoms with Gasteiger partial charge in [-0.2, -0.15) is 0 Å². The first kappa shape index (κ1) is 14.7. The zero-order chi connectivity index (χ0) is 13.9. The molecule has 1 aliphatic rings. The molecule has 7 nitrogen and oxygen atoms in total. The number of carbonyl (C=O) groups is 2. The Bertz CT molecular complexity index is 326. The average molecular weight is 260 g/mol. The van der Waals surface area contributed by atoms with Crippen LogP contribution >= 0.6 is 0 Å². The highest BCUT2D eigenvalue weighted by molar-refractivity contribution is 5.77. The van der Waals surface area contributed by atoms with Gasteiger partial charge in [-0.3, -0.25) is 0 Å². The number of ether oxygens (including phenoxy) is 1. The fourth-order valence-corrected chi connectivity index (χ4v) is 1.86. The molecule has 1 heterocycles. The fourth-order valence-electron chi connectivity index (χ4n) is 1.86. The highest BCUT2D eigenvalue weighted by Gasteiger charge is 2.31. The molecule has 0 aromatic rings. The fraction of sp³-hybridized carbons (Fsp3) is 0.818. The minimum atomic E-state index is -1.07. The van der Waals surface area contributed by atoms with Crippen LogP contribution in [0.25, 0.3) is 0 Å². The molecule has 2 amide bonds. The standard InChI is InChI=1S/C11H20N2O5/c1-11(2,17)7-12(3)10(16)13-4-5-18-8(6-13)9(14)15/h8,17H,4-7H2,1-3H3,(H,14,15). The second-order valence-electron chi connectivity index (χ2n) is 5.09. The predicted molar refractivity (Wildman–Crippen MR) is 63.3 cm³/mol. The lowest BCUT2D eigenvalue weighted by Crippen LogP contribution is -2.53. The van der Waals surface area contributed by atoms with E-state index >= 15 is 0 Å². The van der Waals surface area contributed by atoms with Crippen LogP contribution in [-0.2, 0) is 9.53 Å². The Kier molecular flexibility index (Phi) is 4.53. The van der Waals surface area contributed by atoms with E-state index in [0.717, 1.165) is 0 Å². The summed E-state index contributed by atoms with van der Waals surface area (Å²) in [5, 5.41) is 18.5. The first-order valence-corrected chi connectivity index (χ1v) is 5.77. The molecule has 0 spiro atoms.